The Morgan fingerprint density at radius 1 is 1.62 bits per heavy atom. The molecule has 4 heteroatoms. The molecule has 4 nitrogen and oxygen atoms in total. The van der Waals surface area contributed by atoms with Crippen molar-refractivity contribution in [3.63, 3.8) is 0 Å². The Morgan fingerprint density at radius 3 is 2.85 bits per heavy atom. The molecule has 0 aliphatic heterocycles. The van der Waals surface area contributed by atoms with Crippen molar-refractivity contribution in [1.29, 1.82) is 5.26 Å². The van der Waals surface area contributed by atoms with Crippen LogP contribution in [-0.4, -0.2) is 49.3 Å². The number of nitrogens with zero attached hydrogens (tertiary/aromatic N) is 2. The lowest BCUT2D eigenvalue weighted by Crippen LogP contribution is -2.36. The molecule has 0 rings (SSSR count). The fraction of sp³-hybridized carbons (Fsp3) is 0.889. The topological polar surface area (TPSA) is 59.3 Å². The molecule has 0 saturated carbocycles. The lowest BCUT2D eigenvalue weighted by molar-refractivity contribution is 0.126. The number of aliphatic hydroxyl groups excluding tert-OH is 1. The number of hydrogen-bond donors (Lipinski definition) is 2. The van der Waals surface area contributed by atoms with E-state index in [1.165, 1.54) is 0 Å². The van der Waals surface area contributed by atoms with E-state index in [9.17, 15) is 5.11 Å². The van der Waals surface area contributed by atoms with E-state index < -0.39 is 0 Å². The van der Waals surface area contributed by atoms with E-state index in [-0.39, 0.29) is 6.10 Å². The summed E-state index contributed by atoms with van der Waals surface area (Å²) in [6.07, 6.45) is 0.174. The molecular weight excluding hydrogens is 166 g/mol. The maximum atomic E-state index is 9.46. The van der Waals surface area contributed by atoms with Gasteiger partial charge in [0, 0.05) is 26.1 Å². The lowest BCUT2D eigenvalue weighted by Gasteiger charge is -2.19. The predicted molar refractivity (Wildman–Crippen MR) is 52.3 cm³/mol. The smallest absolute Gasteiger partial charge is 0.0791 e. The SMILES string of the molecule is CCNCC(O)CN(C)CCC#N. The maximum Gasteiger partial charge on any atom is 0.0791 e. The van der Waals surface area contributed by atoms with Crippen molar-refractivity contribution >= 4 is 0 Å². The van der Waals surface area contributed by atoms with Crippen molar-refractivity contribution in [2.75, 3.05) is 33.2 Å². The summed E-state index contributed by atoms with van der Waals surface area (Å²) in [6, 6.07) is 2.08. The fourth-order valence-electron chi connectivity index (χ4n) is 1.07. The van der Waals surface area contributed by atoms with Gasteiger partial charge in [0.25, 0.3) is 0 Å². The Morgan fingerprint density at radius 2 is 2.31 bits per heavy atom. The highest BCUT2D eigenvalue weighted by atomic mass is 16.3. The van der Waals surface area contributed by atoms with Gasteiger partial charge in [0.05, 0.1) is 12.2 Å². The van der Waals surface area contributed by atoms with Crippen LogP contribution in [-0.2, 0) is 0 Å². The van der Waals surface area contributed by atoms with Gasteiger partial charge < -0.3 is 15.3 Å². The molecule has 2 N–H and O–H groups in total. The molecule has 0 aromatic rings. The van der Waals surface area contributed by atoms with E-state index in [0.29, 0.717) is 19.5 Å². The first-order valence-electron chi connectivity index (χ1n) is 4.65. The first-order chi connectivity index (χ1) is 6.20. The van der Waals surface area contributed by atoms with Crippen molar-refractivity contribution in [3.8, 4) is 6.07 Å². The number of nitrogens with one attached hydrogen (secondary N) is 1. The van der Waals surface area contributed by atoms with Gasteiger partial charge in [-0.15, -0.1) is 0 Å². The van der Waals surface area contributed by atoms with E-state index in [1.54, 1.807) is 0 Å². The highest BCUT2D eigenvalue weighted by molar-refractivity contribution is 4.72. The standard InChI is InChI=1S/C9H19N3O/c1-3-11-7-9(13)8-12(2)6-4-5-10/h9,11,13H,3-4,6-8H2,1-2H3. The molecule has 0 aliphatic rings. The van der Waals surface area contributed by atoms with Crippen LogP contribution in [0.4, 0.5) is 0 Å². The van der Waals surface area contributed by atoms with Crippen molar-refractivity contribution in [2.45, 2.75) is 19.4 Å². The zero-order valence-electron chi connectivity index (χ0n) is 8.45. The summed E-state index contributed by atoms with van der Waals surface area (Å²) < 4.78 is 0. The second kappa shape index (κ2) is 7.99. The van der Waals surface area contributed by atoms with Crippen LogP contribution in [0, 0.1) is 11.3 Å². The fourth-order valence-corrected chi connectivity index (χ4v) is 1.07. The van der Waals surface area contributed by atoms with Gasteiger partial charge in [0.15, 0.2) is 0 Å². The zero-order valence-corrected chi connectivity index (χ0v) is 8.45. The van der Waals surface area contributed by atoms with Crippen molar-refractivity contribution in [1.82, 2.24) is 10.2 Å². The van der Waals surface area contributed by atoms with Crippen LogP contribution >= 0.6 is 0 Å². The number of rotatable bonds is 7. The van der Waals surface area contributed by atoms with Crippen molar-refractivity contribution < 1.29 is 5.11 Å². The second-order valence-corrected chi connectivity index (χ2v) is 3.13. The Kier molecular flexibility index (Phi) is 7.60. The second-order valence-electron chi connectivity index (χ2n) is 3.13. The van der Waals surface area contributed by atoms with Gasteiger partial charge in [0.1, 0.15) is 0 Å². The summed E-state index contributed by atoms with van der Waals surface area (Å²) in [5, 5.41) is 20.9. The molecule has 13 heavy (non-hydrogen) atoms. The van der Waals surface area contributed by atoms with Crippen LogP contribution < -0.4 is 5.32 Å². The van der Waals surface area contributed by atoms with Gasteiger partial charge >= 0.3 is 0 Å². The van der Waals surface area contributed by atoms with Gasteiger partial charge in [-0.3, -0.25) is 0 Å². The van der Waals surface area contributed by atoms with Crippen LogP contribution in [0.15, 0.2) is 0 Å². The molecule has 0 aromatic carbocycles. The quantitative estimate of drug-likeness (QED) is 0.577. The summed E-state index contributed by atoms with van der Waals surface area (Å²) in [5.41, 5.74) is 0. The van der Waals surface area contributed by atoms with E-state index in [1.807, 2.05) is 18.9 Å². The number of hydrogen-bond acceptors (Lipinski definition) is 4. The molecular formula is C9H19N3O. The monoisotopic (exact) mass is 185 g/mol. The average Bonchev–Trinajstić information content (AvgIpc) is 2.11. The van der Waals surface area contributed by atoms with Gasteiger partial charge in [-0.1, -0.05) is 6.92 Å². The summed E-state index contributed by atoms with van der Waals surface area (Å²) in [4.78, 5) is 1.96. The van der Waals surface area contributed by atoms with E-state index >= 15 is 0 Å². The Labute approximate surface area is 80.2 Å². The number of nitriles is 1. The van der Waals surface area contributed by atoms with Crippen LogP contribution in [0.1, 0.15) is 13.3 Å². The molecule has 0 amide bonds. The van der Waals surface area contributed by atoms with Crippen LogP contribution in [0.2, 0.25) is 0 Å². The van der Waals surface area contributed by atoms with Crippen molar-refractivity contribution in [3.05, 3.63) is 0 Å². The highest BCUT2D eigenvalue weighted by Gasteiger charge is 2.06. The highest BCUT2D eigenvalue weighted by Crippen LogP contribution is 1.90. The summed E-state index contributed by atoms with van der Waals surface area (Å²) >= 11 is 0. The minimum Gasteiger partial charge on any atom is -0.390 e. The molecule has 0 aromatic heterocycles. The number of aliphatic hydroxyl groups is 1. The van der Waals surface area contributed by atoms with Gasteiger partial charge in [-0.2, -0.15) is 5.26 Å². The number of likely N-dealkylation sites (N-methyl/N-ethyl adjacent to an activating group) is 2. The Bertz CT molecular complexity index is 155. The van der Waals surface area contributed by atoms with Crippen LogP contribution in [0.25, 0.3) is 0 Å². The van der Waals surface area contributed by atoms with Crippen LogP contribution in [0.5, 0.6) is 0 Å². The zero-order chi connectivity index (χ0) is 10.1. The first-order valence-corrected chi connectivity index (χ1v) is 4.65. The minimum absolute atomic E-state index is 0.344. The van der Waals surface area contributed by atoms with E-state index in [4.69, 9.17) is 5.26 Å². The summed E-state index contributed by atoms with van der Waals surface area (Å²) in [7, 11) is 1.91. The van der Waals surface area contributed by atoms with Crippen LogP contribution in [0.3, 0.4) is 0 Å². The molecule has 1 unspecified atom stereocenters. The normalized spacial score (nSPS) is 12.8. The van der Waals surface area contributed by atoms with Gasteiger partial charge in [-0.05, 0) is 13.6 Å². The molecule has 0 aliphatic carbocycles. The van der Waals surface area contributed by atoms with Gasteiger partial charge in [-0.25, -0.2) is 0 Å². The Balaban J connectivity index is 3.42. The lowest BCUT2D eigenvalue weighted by atomic mass is 10.3. The summed E-state index contributed by atoms with van der Waals surface area (Å²) in [5.74, 6) is 0. The first kappa shape index (κ1) is 12.4. The molecule has 1 atom stereocenters. The third-order valence-corrected chi connectivity index (χ3v) is 1.76. The van der Waals surface area contributed by atoms with Crippen molar-refractivity contribution in [2.24, 2.45) is 0 Å². The van der Waals surface area contributed by atoms with E-state index in [2.05, 4.69) is 11.4 Å². The molecule has 0 bridgehead atoms. The predicted octanol–water partition coefficient (Wildman–Crippen LogP) is -0.198. The van der Waals surface area contributed by atoms with Gasteiger partial charge in [0.2, 0.25) is 0 Å². The van der Waals surface area contributed by atoms with E-state index in [0.717, 1.165) is 13.1 Å². The third-order valence-electron chi connectivity index (χ3n) is 1.76. The Hall–Kier alpha value is -0.630. The molecule has 0 radical (unpaired) electrons. The maximum absolute atomic E-state index is 9.46. The minimum atomic E-state index is -0.344. The molecule has 76 valence electrons. The molecule has 0 spiro atoms. The largest absolute Gasteiger partial charge is 0.390 e. The molecule has 0 heterocycles. The summed E-state index contributed by atoms with van der Waals surface area (Å²) in [6.45, 7) is 4.84. The third kappa shape index (κ3) is 7.72. The average molecular weight is 185 g/mol. The molecule has 0 fully saturated rings. The molecule has 0 saturated heterocycles.